The molecule has 0 aromatic carbocycles. The molecule has 1 amide bonds. The molecule has 10 heteroatoms. The van der Waals surface area contributed by atoms with Gasteiger partial charge in [0.25, 0.3) is 5.91 Å². The van der Waals surface area contributed by atoms with Crippen LogP contribution in [-0.2, 0) is 10.9 Å². The second kappa shape index (κ2) is 6.96. The second-order valence-electron chi connectivity index (χ2n) is 5.42. The SMILES string of the molecule is Cc1cc(O[C@@H]2CCOC2)cc(C(=O)Nc2nc(C(F)(F)F)cs2)n1. The first-order valence-electron chi connectivity index (χ1n) is 7.38. The predicted molar refractivity (Wildman–Crippen MR) is 83.9 cm³/mol. The van der Waals surface area contributed by atoms with Gasteiger partial charge in [0.15, 0.2) is 10.8 Å². The van der Waals surface area contributed by atoms with Crippen molar-refractivity contribution in [1.29, 1.82) is 0 Å². The number of thiazole rings is 1. The number of nitrogens with zero attached hydrogens (tertiary/aromatic N) is 2. The number of pyridine rings is 1. The van der Waals surface area contributed by atoms with Crippen LogP contribution in [0.4, 0.5) is 18.3 Å². The van der Waals surface area contributed by atoms with E-state index in [1.54, 1.807) is 13.0 Å². The molecule has 6 nitrogen and oxygen atoms in total. The Kier molecular flexibility index (Phi) is 4.91. The quantitative estimate of drug-likeness (QED) is 0.890. The van der Waals surface area contributed by atoms with Gasteiger partial charge in [0.2, 0.25) is 0 Å². The van der Waals surface area contributed by atoms with E-state index in [0.29, 0.717) is 36.0 Å². The Balaban J connectivity index is 1.73. The van der Waals surface area contributed by atoms with Crippen LogP contribution in [0.1, 0.15) is 28.3 Å². The summed E-state index contributed by atoms with van der Waals surface area (Å²) >= 11 is 0.695. The summed E-state index contributed by atoms with van der Waals surface area (Å²) in [6.07, 6.45) is -3.89. The molecule has 1 N–H and O–H groups in total. The van der Waals surface area contributed by atoms with Crippen molar-refractivity contribution < 1.29 is 27.4 Å². The van der Waals surface area contributed by atoms with Crippen molar-refractivity contribution >= 4 is 22.4 Å². The minimum Gasteiger partial charge on any atom is -0.488 e. The summed E-state index contributed by atoms with van der Waals surface area (Å²) in [5.74, 6) is -0.192. The Bertz CT molecular complexity index is 773. The molecule has 1 aliphatic heterocycles. The molecular formula is C15H14F3N3O3S. The molecule has 0 aliphatic carbocycles. The number of nitrogens with one attached hydrogen (secondary N) is 1. The maximum atomic E-state index is 12.6. The normalized spacial score (nSPS) is 17.5. The summed E-state index contributed by atoms with van der Waals surface area (Å²) in [5.41, 5.74) is -0.454. The van der Waals surface area contributed by atoms with E-state index < -0.39 is 17.8 Å². The third-order valence-corrected chi connectivity index (χ3v) is 4.12. The summed E-state index contributed by atoms with van der Waals surface area (Å²) in [6.45, 7) is 2.79. The third kappa shape index (κ3) is 4.45. The molecule has 134 valence electrons. The van der Waals surface area contributed by atoms with Gasteiger partial charge >= 0.3 is 6.18 Å². The summed E-state index contributed by atoms with van der Waals surface area (Å²) in [4.78, 5) is 19.7. The van der Waals surface area contributed by atoms with Gasteiger partial charge in [0, 0.05) is 29.6 Å². The van der Waals surface area contributed by atoms with Gasteiger partial charge in [-0.15, -0.1) is 11.3 Å². The van der Waals surface area contributed by atoms with Crippen molar-refractivity contribution in [3.8, 4) is 5.75 Å². The summed E-state index contributed by atoms with van der Waals surface area (Å²) < 4.78 is 48.6. The number of ether oxygens (including phenoxy) is 2. The molecule has 0 saturated carbocycles. The molecule has 3 heterocycles. The molecular weight excluding hydrogens is 359 g/mol. The van der Waals surface area contributed by atoms with E-state index in [9.17, 15) is 18.0 Å². The van der Waals surface area contributed by atoms with Crippen LogP contribution >= 0.6 is 11.3 Å². The van der Waals surface area contributed by atoms with Crippen LogP contribution < -0.4 is 10.1 Å². The molecule has 25 heavy (non-hydrogen) atoms. The zero-order valence-electron chi connectivity index (χ0n) is 13.1. The standard InChI is InChI=1S/C15H14F3N3O3S/c1-8-4-10(24-9-2-3-23-6-9)5-11(19-8)13(22)21-14-20-12(7-25-14)15(16,17)18/h4-5,7,9H,2-3,6H2,1H3,(H,20,21,22)/t9-/m1/s1. The number of halogens is 3. The van der Waals surface area contributed by atoms with Crippen LogP contribution in [0.5, 0.6) is 5.75 Å². The van der Waals surface area contributed by atoms with Gasteiger partial charge in [-0.1, -0.05) is 0 Å². The van der Waals surface area contributed by atoms with E-state index in [1.165, 1.54) is 6.07 Å². The Labute approximate surface area is 145 Å². The van der Waals surface area contributed by atoms with Crippen molar-refractivity contribution in [1.82, 2.24) is 9.97 Å². The van der Waals surface area contributed by atoms with Crippen LogP contribution in [-0.4, -0.2) is 35.2 Å². The van der Waals surface area contributed by atoms with Gasteiger partial charge in [0.05, 0.1) is 13.2 Å². The molecule has 1 fully saturated rings. The van der Waals surface area contributed by atoms with Crippen molar-refractivity contribution in [3.05, 3.63) is 34.6 Å². The van der Waals surface area contributed by atoms with E-state index in [-0.39, 0.29) is 16.9 Å². The van der Waals surface area contributed by atoms with Crippen LogP contribution in [0.2, 0.25) is 0 Å². The predicted octanol–water partition coefficient (Wildman–Crippen LogP) is 3.29. The van der Waals surface area contributed by atoms with E-state index in [0.717, 1.165) is 11.8 Å². The van der Waals surface area contributed by atoms with Gasteiger partial charge < -0.3 is 9.47 Å². The molecule has 1 aliphatic rings. The van der Waals surface area contributed by atoms with Gasteiger partial charge in [0.1, 0.15) is 17.5 Å². The number of carbonyl (C=O) groups is 1. The third-order valence-electron chi connectivity index (χ3n) is 3.37. The zero-order valence-corrected chi connectivity index (χ0v) is 13.9. The number of rotatable bonds is 4. The van der Waals surface area contributed by atoms with E-state index in [2.05, 4.69) is 15.3 Å². The zero-order chi connectivity index (χ0) is 18.0. The number of hydrogen-bond acceptors (Lipinski definition) is 6. The summed E-state index contributed by atoms with van der Waals surface area (Å²) in [7, 11) is 0. The van der Waals surface area contributed by atoms with Crippen LogP contribution in [0.3, 0.4) is 0 Å². The Morgan fingerprint density at radius 2 is 2.20 bits per heavy atom. The lowest BCUT2D eigenvalue weighted by molar-refractivity contribution is -0.140. The Morgan fingerprint density at radius 3 is 2.84 bits per heavy atom. The highest BCUT2D eigenvalue weighted by Gasteiger charge is 2.34. The first-order valence-corrected chi connectivity index (χ1v) is 8.26. The molecule has 2 aromatic rings. The fraction of sp³-hybridized carbons (Fsp3) is 0.400. The lowest BCUT2D eigenvalue weighted by atomic mass is 10.2. The number of aryl methyl sites for hydroxylation is 1. The van der Waals surface area contributed by atoms with Crippen LogP contribution in [0.25, 0.3) is 0 Å². The lowest BCUT2D eigenvalue weighted by Gasteiger charge is -2.13. The minimum atomic E-state index is -4.55. The molecule has 1 saturated heterocycles. The number of aromatic nitrogens is 2. The van der Waals surface area contributed by atoms with Gasteiger partial charge in [-0.25, -0.2) is 9.97 Å². The second-order valence-corrected chi connectivity index (χ2v) is 6.28. The maximum Gasteiger partial charge on any atom is 0.434 e. The molecule has 2 aromatic heterocycles. The lowest BCUT2D eigenvalue weighted by Crippen LogP contribution is -2.18. The van der Waals surface area contributed by atoms with Gasteiger partial charge in [-0.2, -0.15) is 13.2 Å². The minimum absolute atomic E-state index is 0.0395. The highest BCUT2D eigenvalue weighted by Crippen LogP contribution is 2.31. The smallest absolute Gasteiger partial charge is 0.434 e. The first-order chi connectivity index (χ1) is 11.8. The number of hydrogen-bond donors (Lipinski definition) is 1. The first kappa shape index (κ1) is 17.6. The van der Waals surface area contributed by atoms with Gasteiger partial charge in [-0.05, 0) is 6.92 Å². The van der Waals surface area contributed by atoms with Crippen molar-refractivity contribution in [2.75, 3.05) is 18.5 Å². The number of alkyl halides is 3. The number of amides is 1. The average Bonchev–Trinajstić information content (AvgIpc) is 3.17. The highest BCUT2D eigenvalue weighted by molar-refractivity contribution is 7.14. The molecule has 0 bridgehead atoms. The number of carbonyl (C=O) groups excluding carboxylic acids is 1. The highest BCUT2D eigenvalue weighted by atomic mass is 32.1. The van der Waals surface area contributed by atoms with Crippen LogP contribution in [0, 0.1) is 6.92 Å². The summed E-state index contributed by atoms with van der Waals surface area (Å²) in [5, 5.41) is 3.02. The molecule has 1 atom stereocenters. The topological polar surface area (TPSA) is 73.3 Å². The monoisotopic (exact) mass is 373 g/mol. The number of anilines is 1. The van der Waals surface area contributed by atoms with E-state index >= 15 is 0 Å². The summed E-state index contributed by atoms with van der Waals surface area (Å²) in [6, 6.07) is 3.12. The van der Waals surface area contributed by atoms with E-state index in [4.69, 9.17) is 9.47 Å². The fourth-order valence-electron chi connectivity index (χ4n) is 2.24. The molecule has 0 unspecified atom stereocenters. The molecule has 0 radical (unpaired) electrons. The van der Waals surface area contributed by atoms with Crippen LogP contribution in [0.15, 0.2) is 17.5 Å². The fourth-order valence-corrected chi connectivity index (χ4v) is 2.95. The Morgan fingerprint density at radius 1 is 1.40 bits per heavy atom. The molecule has 0 spiro atoms. The average molecular weight is 373 g/mol. The van der Waals surface area contributed by atoms with Crippen molar-refractivity contribution in [2.24, 2.45) is 0 Å². The maximum absolute atomic E-state index is 12.6. The largest absolute Gasteiger partial charge is 0.488 e. The van der Waals surface area contributed by atoms with Crippen molar-refractivity contribution in [3.63, 3.8) is 0 Å². The molecule has 3 rings (SSSR count). The Hall–Kier alpha value is -2.20. The van der Waals surface area contributed by atoms with E-state index in [1.807, 2.05) is 0 Å². The van der Waals surface area contributed by atoms with Crippen molar-refractivity contribution in [2.45, 2.75) is 25.6 Å². The van der Waals surface area contributed by atoms with Gasteiger partial charge in [-0.3, -0.25) is 10.1 Å².